The SMILES string of the molecule is COc1cc(C=NNC(=O)CC(=O)Nc2cccc(C(F)(F)F)c2)ccc1OCc1ccc(Cl)cc1Cl. The lowest BCUT2D eigenvalue weighted by atomic mass is 10.2. The molecule has 0 saturated carbocycles. The van der Waals surface area contributed by atoms with Gasteiger partial charge in [0.2, 0.25) is 11.8 Å². The van der Waals surface area contributed by atoms with Crippen molar-refractivity contribution < 1.29 is 32.2 Å². The van der Waals surface area contributed by atoms with Gasteiger partial charge in [0.25, 0.3) is 0 Å². The zero-order valence-corrected chi connectivity index (χ0v) is 20.7. The quantitative estimate of drug-likeness (QED) is 0.191. The summed E-state index contributed by atoms with van der Waals surface area (Å²) in [7, 11) is 1.46. The normalized spacial score (nSPS) is 11.3. The highest BCUT2D eigenvalue weighted by molar-refractivity contribution is 6.35. The fraction of sp³-hybridized carbons (Fsp3) is 0.160. The number of alkyl halides is 3. The Kier molecular flexibility index (Phi) is 9.37. The van der Waals surface area contributed by atoms with Crippen molar-refractivity contribution in [3.05, 3.63) is 87.4 Å². The number of ether oxygens (including phenoxy) is 2. The van der Waals surface area contributed by atoms with E-state index in [-0.39, 0.29) is 12.3 Å². The van der Waals surface area contributed by atoms with Crippen molar-refractivity contribution in [1.82, 2.24) is 5.43 Å². The second kappa shape index (κ2) is 12.5. The predicted molar refractivity (Wildman–Crippen MR) is 134 cm³/mol. The summed E-state index contributed by atoms with van der Waals surface area (Å²) < 4.78 is 49.5. The lowest BCUT2D eigenvalue weighted by molar-refractivity contribution is -0.137. The minimum absolute atomic E-state index is 0.0798. The maximum atomic E-state index is 12.8. The summed E-state index contributed by atoms with van der Waals surface area (Å²) in [5, 5.41) is 7.01. The number of nitrogens with one attached hydrogen (secondary N) is 2. The van der Waals surface area contributed by atoms with Crippen molar-refractivity contribution in [2.75, 3.05) is 12.4 Å². The molecule has 0 aliphatic carbocycles. The van der Waals surface area contributed by atoms with Gasteiger partial charge in [-0.15, -0.1) is 0 Å². The van der Waals surface area contributed by atoms with Gasteiger partial charge in [-0.2, -0.15) is 18.3 Å². The van der Waals surface area contributed by atoms with Crippen LogP contribution in [0.5, 0.6) is 11.5 Å². The zero-order valence-electron chi connectivity index (χ0n) is 19.2. The number of hydrogen-bond donors (Lipinski definition) is 2. The van der Waals surface area contributed by atoms with Crippen LogP contribution in [0.15, 0.2) is 65.8 Å². The van der Waals surface area contributed by atoms with Gasteiger partial charge in [-0.25, -0.2) is 5.43 Å². The summed E-state index contributed by atoms with van der Waals surface area (Å²) in [6.07, 6.45) is -3.87. The van der Waals surface area contributed by atoms with E-state index in [0.717, 1.165) is 23.8 Å². The van der Waals surface area contributed by atoms with Crippen molar-refractivity contribution in [2.24, 2.45) is 5.10 Å². The van der Waals surface area contributed by atoms with Gasteiger partial charge < -0.3 is 14.8 Å². The Morgan fingerprint density at radius 1 is 1.00 bits per heavy atom. The maximum Gasteiger partial charge on any atom is 0.416 e. The summed E-state index contributed by atoms with van der Waals surface area (Å²) in [4.78, 5) is 24.0. The van der Waals surface area contributed by atoms with E-state index >= 15 is 0 Å². The highest BCUT2D eigenvalue weighted by Crippen LogP contribution is 2.31. The molecule has 0 aromatic heterocycles. The number of methoxy groups -OCH3 is 1. The number of amides is 2. The fourth-order valence-corrected chi connectivity index (χ4v) is 3.48. The Hall–Kier alpha value is -3.76. The van der Waals surface area contributed by atoms with E-state index in [4.69, 9.17) is 32.7 Å². The molecule has 194 valence electrons. The first kappa shape index (κ1) is 27.8. The van der Waals surface area contributed by atoms with E-state index in [2.05, 4.69) is 15.8 Å². The Bertz CT molecular complexity index is 1320. The first-order chi connectivity index (χ1) is 17.5. The number of carbonyl (C=O) groups is 2. The molecule has 0 fully saturated rings. The van der Waals surface area contributed by atoms with E-state index in [9.17, 15) is 22.8 Å². The molecule has 0 radical (unpaired) electrons. The lowest BCUT2D eigenvalue weighted by Crippen LogP contribution is -2.24. The number of carbonyl (C=O) groups excluding carboxylic acids is 2. The molecule has 3 rings (SSSR count). The van der Waals surface area contributed by atoms with Crippen LogP contribution in [-0.2, 0) is 22.4 Å². The van der Waals surface area contributed by atoms with Gasteiger partial charge in [-0.1, -0.05) is 35.3 Å². The number of rotatable bonds is 9. The van der Waals surface area contributed by atoms with Crippen molar-refractivity contribution in [2.45, 2.75) is 19.2 Å². The number of nitrogens with zero attached hydrogens (tertiary/aromatic N) is 1. The smallest absolute Gasteiger partial charge is 0.416 e. The first-order valence-corrected chi connectivity index (χ1v) is 11.3. The fourth-order valence-electron chi connectivity index (χ4n) is 3.02. The first-order valence-electron chi connectivity index (χ1n) is 10.6. The molecular weight excluding hydrogens is 534 g/mol. The van der Waals surface area contributed by atoms with Crippen LogP contribution in [-0.4, -0.2) is 25.1 Å². The molecule has 0 unspecified atom stereocenters. The van der Waals surface area contributed by atoms with Gasteiger partial charge in [0.05, 0.1) is 18.9 Å². The second-order valence-electron chi connectivity index (χ2n) is 7.53. The van der Waals surface area contributed by atoms with E-state index < -0.39 is 30.0 Å². The van der Waals surface area contributed by atoms with Crippen LogP contribution in [0, 0.1) is 0 Å². The molecule has 0 atom stereocenters. The molecule has 2 amide bonds. The van der Waals surface area contributed by atoms with Gasteiger partial charge in [-0.05, 0) is 54.1 Å². The standard InChI is InChI=1S/C25H20Cl2F3N3O4/c1-36-22-9-15(5-8-21(22)37-14-16-6-7-18(26)11-20(16)27)13-31-33-24(35)12-23(34)32-19-4-2-3-17(10-19)25(28,29)30/h2-11,13H,12,14H2,1H3,(H,32,34)(H,33,35). The summed E-state index contributed by atoms with van der Waals surface area (Å²) >= 11 is 12.1. The van der Waals surface area contributed by atoms with Gasteiger partial charge >= 0.3 is 6.18 Å². The van der Waals surface area contributed by atoms with Crippen LogP contribution in [0.3, 0.4) is 0 Å². The average Bonchev–Trinajstić information content (AvgIpc) is 2.83. The lowest BCUT2D eigenvalue weighted by Gasteiger charge is -2.12. The van der Waals surface area contributed by atoms with Gasteiger partial charge in [-0.3, -0.25) is 9.59 Å². The summed E-state index contributed by atoms with van der Waals surface area (Å²) in [5.74, 6) is -0.703. The molecule has 0 aliphatic heterocycles. The largest absolute Gasteiger partial charge is 0.493 e. The number of anilines is 1. The van der Waals surface area contributed by atoms with Crippen LogP contribution in [0.4, 0.5) is 18.9 Å². The monoisotopic (exact) mass is 553 g/mol. The second-order valence-corrected chi connectivity index (χ2v) is 8.38. The minimum atomic E-state index is -4.55. The molecule has 0 bridgehead atoms. The van der Waals surface area contributed by atoms with E-state index in [1.165, 1.54) is 19.4 Å². The van der Waals surface area contributed by atoms with Crippen LogP contribution in [0.25, 0.3) is 0 Å². The van der Waals surface area contributed by atoms with Gasteiger partial charge in [0.1, 0.15) is 13.0 Å². The number of halogens is 5. The van der Waals surface area contributed by atoms with E-state index in [1.54, 1.807) is 36.4 Å². The molecule has 0 spiro atoms. The predicted octanol–water partition coefficient (Wildman–Crippen LogP) is 6.08. The number of benzene rings is 3. The van der Waals surface area contributed by atoms with Crippen molar-refractivity contribution in [3.63, 3.8) is 0 Å². The topological polar surface area (TPSA) is 89.0 Å². The van der Waals surface area contributed by atoms with Crippen LogP contribution in [0.2, 0.25) is 10.0 Å². The maximum absolute atomic E-state index is 12.8. The molecule has 2 N–H and O–H groups in total. The highest BCUT2D eigenvalue weighted by atomic mass is 35.5. The molecule has 0 aliphatic rings. The third-order valence-corrected chi connectivity index (χ3v) is 5.37. The molecule has 3 aromatic rings. The van der Waals surface area contributed by atoms with Crippen molar-refractivity contribution >= 4 is 46.9 Å². The average molecular weight is 554 g/mol. The Balaban J connectivity index is 1.53. The van der Waals surface area contributed by atoms with Gasteiger partial charge in [0, 0.05) is 21.3 Å². The summed E-state index contributed by atoms with van der Waals surface area (Å²) in [5.41, 5.74) is 2.48. The highest BCUT2D eigenvalue weighted by Gasteiger charge is 2.30. The van der Waals surface area contributed by atoms with Crippen LogP contribution in [0.1, 0.15) is 23.1 Å². The molecule has 0 saturated heterocycles. The Labute approximate surface area is 220 Å². The number of hydrogen-bond acceptors (Lipinski definition) is 5. The number of hydrazone groups is 1. The van der Waals surface area contributed by atoms with Crippen LogP contribution >= 0.6 is 23.2 Å². The molecule has 3 aromatic carbocycles. The third kappa shape index (κ3) is 8.40. The van der Waals surface area contributed by atoms with E-state index in [0.29, 0.717) is 27.1 Å². The summed E-state index contributed by atoms with van der Waals surface area (Å²) in [6, 6.07) is 14.1. The Morgan fingerprint density at radius 2 is 1.78 bits per heavy atom. The van der Waals surface area contributed by atoms with Crippen LogP contribution < -0.4 is 20.2 Å². The molecule has 7 nitrogen and oxygen atoms in total. The molecule has 12 heteroatoms. The van der Waals surface area contributed by atoms with E-state index in [1.807, 2.05) is 0 Å². The molecular formula is C25H20Cl2F3N3O4. The summed E-state index contributed by atoms with van der Waals surface area (Å²) in [6.45, 7) is 0.179. The molecule has 37 heavy (non-hydrogen) atoms. The zero-order chi connectivity index (χ0) is 27.0. The third-order valence-electron chi connectivity index (χ3n) is 4.78. The minimum Gasteiger partial charge on any atom is -0.493 e. The van der Waals surface area contributed by atoms with Crippen molar-refractivity contribution in [1.29, 1.82) is 0 Å². The molecule has 0 heterocycles. The van der Waals surface area contributed by atoms with Crippen molar-refractivity contribution in [3.8, 4) is 11.5 Å². The Morgan fingerprint density at radius 3 is 2.49 bits per heavy atom. The van der Waals surface area contributed by atoms with Gasteiger partial charge in [0.15, 0.2) is 11.5 Å².